The molecule has 0 spiro atoms. The molecule has 0 bridgehead atoms. The van der Waals surface area contributed by atoms with Gasteiger partial charge in [0.2, 0.25) is 5.91 Å². The maximum absolute atomic E-state index is 13.0. The molecule has 0 unspecified atom stereocenters. The van der Waals surface area contributed by atoms with E-state index in [2.05, 4.69) is 23.6 Å². The summed E-state index contributed by atoms with van der Waals surface area (Å²) < 4.78 is 8.16. The van der Waals surface area contributed by atoms with Crippen molar-refractivity contribution < 1.29 is 9.53 Å². The summed E-state index contributed by atoms with van der Waals surface area (Å²) in [4.78, 5) is 19.9. The Morgan fingerprint density at radius 1 is 1.03 bits per heavy atom. The van der Waals surface area contributed by atoms with Crippen LogP contribution in [0.3, 0.4) is 0 Å². The third kappa shape index (κ3) is 4.33. The van der Waals surface area contributed by atoms with Gasteiger partial charge in [-0.25, -0.2) is 4.98 Å². The number of aryl methyl sites for hydroxylation is 1. The van der Waals surface area contributed by atoms with Crippen LogP contribution >= 0.6 is 11.6 Å². The summed E-state index contributed by atoms with van der Waals surface area (Å²) >= 11 is 5.97. The molecule has 1 atom stereocenters. The number of ether oxygens (including phenoxy) is 1. The van der Waals surface area contributed by atoms with Gasteiger partial charge in [0, 0.05) is 29.6 Å². The lowest BCUT2D eigenvalue weighted by Gasteiger charge is -2.20. The Morgan fingerprint density at radius 3 is 2.61 bits per heavy atom. The van der Waals surface area contributed by atoms with E-state index < -0.39 is 0 Å². The molecule has 1 aliphatic rings. The van der Waals surface area contributed by atoms with E-state index in [0.717, 1.165) is 34.7 Å². The highest BCUT2D eigenvalue weighted by Crippen LogP contribution is 2.34. The molecule has 5 nitrogen and oxygen atoms in total. The first-order valence-corrected chi connectivity index (χ1v) is 11.7. The third-order valence-electron chi connectivity index (χ3n) is 6.23. The van der Waals surface area contributed by atoms with E-state index >= 15 is 0 Å². The van der Waals surface area contributed by atoms with E-state index in [1.165, 1.54) is 5.56 Å². The van der Waals surface area contributed by atoms with E-state index in [-0.39, 0.29) is 11.8 Å². The minimum atomic E-state index is 0.0327. The van der Waals surface area contributed by atoms with Gasteiger partial charge in [-0.15, -0.1) is 0 Å². The fourth-order valence-corrected chi connectivity index (χ4v) is 4.74. The van der Waals surface area contributed by atoms with Gasteiger partial charge in [0.25, 0.3) is 0 Å². The lowest BCUT2D eigenvalue weighted by atomic mass is 10.1. The highest BCUT2D eigenvalue weighted by atomic mass is 35.5. The fraction of sp³-hybridized carbons (Fsp3) is 0.259. The number of carbonyl (C=O) groups excluding carboxylic acids is 1. The Morgan fingerprint density at radius 2 is 1.79 bits per heavy atom. The van der Waals surface area contributed by atoms with Gasteiger partial charge < -0.3 is 14.2 Å². The van der Waals surface area contributed by atoms with E-state index in [1.54, 1.807) is 0 Å². The maximum Gasteiger partial charge on any atom is 0.227 e. The standard InChI is InChI=1S/C27H26ClN3O2/c1-2-19-7-3-5-9-24(19)31-18-20(17-26(31)32)27-29-23-8-4-6-10-25(23)30(27)15-16-33-22-13-11-21(28)12-14-22/h3-14,20H,2,15-18H2,1H3/t20-/m0/s1. The molecule has 4 aromatic rings. The van der Waals surface area contributed by atoms with Crippen molar-refractivity contribution in [3.05, 3.63) is 89.2 Å². The van der Waals surface area contributed by atoms with Crippen molar-refractivity contribution in [1.29, 1.82) is 0 Å². The molecule has 1 amide bonds. The zero-order chi connectivity index (χ0) is 22.8. The lowest BCUT2D eigenvalue weighted by molar-refractivity contribution is -0.117. The molecule has 168 valence electrons. The summed E-state index contributed by atoms with van der Waals surface area (Å²) in [7, 11) is 0. The van der Waals surface area contributed by atoms with Crippen LogP contribution in [0.2, 0.25) is 5.02 Å². The Bertz CT molecular complexity index is 1280. The van der Waals surface area contributed by atoms with Crippen LogP contribution in [0.4, 0.5) is 5.69 Å². The molecule has 5 rings (SSSR count). The number of hydrogen-bond acceptors (Lipinski definition) is 3. The van der Waals surface area contributed by atoms with Gasteiger partial charge in [-0.3, -0.25) is 4.79 Å². The first-order chi connectivity index (χ1) is 16.1. The second kappa shape index (κ2) is 9.28. The van der Waals surface area contributed by atoms with Crippen LogP contribution in [0.1, 0.15) is 30.7 Å². The topological polar surface area (TPSA) is 47.4 Å². The number of halogens is 1. The number of carbonyl (C=O) groups is 1. The average molecular weight is 460 g/mol. The number of aromatic nitrogens is 2. The van der Waals surface area contributed by atoms with Crippen LogP contribution in [0.15, 0.2) is 72.8 Å². The summed E-state index contributed by atoms with van der Waals surface area (Å²) in [5.74, 6) is 1.91. The van der Waals surface area contributed by atoms with Crippen molar-refractivity contribution in [3.63, 3.8) is 0 Å². The first-order valence-electron chi connectivity index (χ1n) is 11.4. The maximum atomic E-state index is 13.0. The van der Waals surface area contributed by atoms with E-state index in [1.807, 2.05) is 65.6 Å². The minimum Gasteiger partial charge on any atom is -0.492 e. The Hall–Kier alpha value is -3.31. The summed E-state index contributed by atoms with van der Waals surface area (Å²) in [6, 6.07) is 23.7. The molecule has 1 saturated heterocycles. The monoisotopic (exact) mass is 459 g/mol. The summed E-state index contributed by atoms with van der Waals surface area (Å²) in [6.45, 7) is 3.90. The van der Waals surface area contributed by atoms with E-state index in [0.29, 0.717) is 31.1 Å². The van der Waals surface area contributed by atoms with Gasteiger partial charge in [-0.2, -0.15) is 0 Å². The minimum absolute atomic E-state index is 0.0327. The highest BCUT2D eigenvalue weighted by molar-refractivity contribution is 6.30. The van der Waals surface area contributed by atoms with Crippen LogP contribution < -0.4 is 9.64 Å². The number of anilines is 1. The van der Waals surface area contributed by atoms with E-state index in [4.69, 9.17) is 21.3 Å². The van der Waals surface area contributed by atoms with Crippen molar-refractivity contribution in [2.75, 3.05) is 18.1 Å². The number of nitrogens with zero attached hydrogens (tertiary/aromatic N) is 3. The molecule has 6 heteroatoms. The van der Waals surface area contributed by atoms with Crippen LogP contribution in [0.5, 0.6) is 5.75 Å². The molecule has 0 saturated carbocycles. The van der Waals surface area contributed by atoms with Crippen LogP contribution in [-0.2, 0) is 17.8 Å². The van der Waals surface area contributed by atoms with Gasteiger partial charge in [-0.1, -0.05) is 48.9 Å². The number of benzene rings is 3. The van der Waals surface area contributed by atoms with Crippen molar-refractivity contribution in [1.82, 2.24) is 9.55 Å². The van der Waals surface area contributed by atoms with Crippen molar-refractivity contribution in [2.24, 2.45) is 0 Å². The van der Waals surface area contributed by atoms with Crippen LogP contribution in [0, 0.1) is 0 Å². The zero-order valence-corrected chi connectivity index (χ0v) is 19.3. The molecule has 2 heterocycles. The first kappa shape index (κ1) is 21.5. The molecule has 0 N–H and O–H groups in total. The molecule has 3 aromatic carbocycles. The fourth-order valence-electron chi connectivity index (χ4n) is 4.61. The number of amides is 1. The number of rotatable bonds is 7. The summed E-state index contributed by atoms with van der Waals surface area (Å²) in [5, 5.41) is 0.686. The van der Waals surface area contributed by atoms with Gasteiger partial charge in [0.05, 0.1) is 17.6 Å². The average Bonchev–Trinajstić information content (AvgIpc) is 3.41. The number of para-hydroxylation sites is 3. The lowest BCUT2D eigenvalue weighted by Crippen LogP contribution is -2.25. The molecule has 0 radical (unpaired) electrons. The van der Waals surface area contributed by atoms with Gasteiger partial charge in [-0.05, 0) is 54.4 Å². The van der Waals surface area contributed by atoms with Crippen LogP contribution in [-0.4, -0.2) is 28.6 Å². The quantitative estimate of drug-likeness (QED) is 0.348. The van der Waals surface area contributed by atoms with Crippen LogP contribution in [0.25, 0.3) is 11.0 Å². The second-order valence-corrected chi connectivity index (χ2v) is 8.74. The van der Waals surface area contributed by atoms with E-state index in [9.17, 15) is 4.79 Å². The molecule has 1 aliphatic heterocycles. The summed E-state index contributed by atoms with van der Waals surface area (Å²) in [6.07, 6.45) is 1.35. The van der Waals surface area contributed by atoms with Crippen molar-refractivity contribution in [3.8, 4) is 5.75 Å². The van der Waals surface area contributed by atoms with Gasteiger partial charge >= 0.3 is 0 Å². The number of hydrogen-bond donors (Lipinski definition) is 0. The second-order valence-electron chi connectivity index (χ2n) is 8.30. The Balaban J connectivity index is 1.41. The zero-order valence-electron chi connectivity index (χ0n) is 18.6. The molecule has 1 aromatic heterocycles. The molecule has 0 aliphatic carbocycles. The number of imidazole rings is 1. The molecular formula is C27H26ClN3O2. The van der Waals surface area contributed by atoms with Gasteiger partial charge in [0.15, 0.2) is 0 Å². The van der Waals surface area contributed by atoms with Crippen molar-refractivity contribution in [2.45, 2.75) is 32.2 Å². The van der Waals surface area contributed by atoms with Gasteiger partial charge in [0.1, 0.15) is 18.2 Å². The largest absolute Gasteiger partial charge is 0.492 e. The SMILES string of the molecule is CCc1ccccc1N1C[C@@H](c2nc3ccccc3n2CCOc2ccc(Cl)cc2)CC1=O. The molecule has 33 heavy (non-hydrogen) atoms. The predicted molar refractivity (Wildman–Crippen MR) is 132 cm³/mol. The smallest absolute Gasteiger partial charge is 0.227 e. The predicted octanol–water partition coefficient (Wildman–Crippen LogP) is 5.85. The van der Waals surface area contributed by atoms with Crippen molar-refractivity contribution >= 4 is 34.2 Å². The number of fused-ring (bicyclic) bond motifs is 1. The third-order valence-corrected chi connectivity index (χ3v) is 6.49. The molecular weight excluding hydrogens is 434 g/mol. The molecule has 1 fully saturated rings. The normalized spacial score (nSPS) is 16.0. The summed E-state index contributed by atoms with van der Waals surface area (Å²) in [5.41, 5.74) is 4.21. The Kier molecular flexibility index (Phi) is 6.05. The Labute approximate surface area is 198 Å². The highest BCUT2D eigenvalue weighted by Gasteiger charge is 2.35.